The Morgan fingerprint density at radius 1 is 1.50 bits per heavy atom. The van der Waals surface area contributed by atoms with Crippen LogP contribution >= 0.6 is 11.3 Å². The first-order valence-electron chi connectivity index (χ1n) is 8.83. The fourth-order valence-electron chi connectivity index (χ4n) is 3.25. The van der Waals surface area contributed by atoms with Crippen molar-refractivity contribution in [2.24, 2.45) is 5.73 Å². The number of thiazole rings is 1. The van der Waals surface area contributed by atoms with Crippen molar-refractivity contribution in [3.05, 3.63) is 45.4 Å². The summed E-state index contributed by atoms with van der Waals surface area (Å²) in [5.74, 6) is -1.27. The molecule has 0 radical (unpaired) electrons. The van der Waals surface area contributed by atoms with E-state index >= 15 is 0 Å². The summed E-state index contributed by atoms with van der Waals surface area (Å²) in [6, 6.07) is 1.07. The molecule has 4 heterocycles. The summed E-state index contributed by atoms with van der Waals surface area (Å²) in [5, 5.41) is 2.25. The van der Waals surface area contributed by atoms with Crippen molar-refractivity contribution in [3.8, 4) is 5.13 Å². The highest BCUT2D eigenvalue weighted by Crippen LogP contribution is 2.26. The molecule has 2 N–H and O–H groups in total. The SMILES string of the molecule is CCOC(=O)c1cn(-c2nccs2)c2nc(N3CC[C@H](N)C3)c(F)cc2c1=O. The Hall–Kier alpha value is -2.85. The first kappa shape index (κ1) is 18.5. The Morgan fingerprint density at radius 3 is 2.96 bits per heavy atom. The van der Waals surface area contributed by atoms with Gasteiger partial charge in [-0.25, -0.2) is 19.2 Å². The van der Waals surface area contributed by atoms with Crippen LogP contribution in [-0.2, 0) is 4.74 Å². The number of nitrogens with zero attached hydrogens (tertiary/aromatic N) is 4. The maximum Gasteiger partial charge on any atom is 0.343 e. The summed E-state index contributed by atoms with van der Waals surface area (Å²) < 4.78 is 21.3. The standard InChI is InChI=1S/C18H18FN5O3S/c1-2-27-17(26)12-9-24(18-21-4-6-28-18)15-11(14(12)25)7-13(19)16(22-15)23-5-3-10(20)8-23/h4,6-7,9-10H,2-3,5,8,20H2,1H3/t10-/m0/s1. The van der Waals surface area contributed by atoms with E-state index in [1.807, 2.05) is 0 Å². The number of fused-ring (bicyclic) bond motifs is 1. The zero-order valence-corrected chi connectivity index (χ0v) is 15.9. The predicted molar refractivity (Wildman–Crippen MR) is 104 cm³/mol. The summed E-state index contributed by atoms with van der Waals surface area (Å²) in [5.41, 5.74) is 5.34. The number of carbonyl (C=O) groups is 1. The first-order chi connectivity index (χ1) is 13.5. The van der Waals surface area contributed by atoms with Crippen LogP contribution in [0.25, 0.3) is 16.2 Å². The Bertz CT molecular complexity index is 1100. The lowest BCUT2D eigenvalue weighted by molar-refractivity contribution is 0.0524. The van der Waals surface area contributed by atoms with Crippen molar-refractivity contribution in [1.29, 1.82) is 0 Å². The molecule has 1 fully saturated rings. The molecular weight excluding hydrogens is 385 g/mol. The molecule has 1 atom stereocenters. The number of esters is 1. The Kier molecular flexibility index (Phi) is 4.82. The van der Waals surface area contributed by atoms with E-state index in [4.69, 9.17) is 10.5 Å². The van der Waals surface area contributed by atoms with Gasteiger partial charge in [-0.1, -0.05) is 0 Å². The molecule has 28 heavy (non-hydrogen) atoms. The van der Waals surface area contributed by atoms with Gasteiger partial charge in [-0.15, -0.1) is 11.3 Å². The minimum absolute atomic E-state index is 0.00880. The monoisotopic (exact) mass is 403 g/mol. The molecule has 3 aromatic heterocycles. The highest BCUT2D eigenvalue weighted by Gasteiger charge is 2.26. The second kappa shape index (κ2) is 7.28. The molecule has 0 saturated carbocycles. The molecule has 10 heteroatoms. The maximum atomic E-state index is 14.8. The van der Waals surface area contributed by atoms with Crippen molar-refractivity contribution in [3.63, 3.8) is 0 Å². The molecule has 4 rings (SSSR count). The number of carbonyl (C=O) groups excluding carboxylic acids is 1. The van der Waals surface area contributed by atoms with E-state index in [0.717, 1.165) is 12.5 Å². The highest BCUT2D eigenvalue weighted by atomic mass is 32.1. The average molecular weight is 403 g/mol. The molecule has 1 aliphatic heterocycles. The summed E-state index contributed by atoms with van der Waals surface area (Å²) >= 11 is 1.30. The third-order valence-electron chi connectivity index (χ3n) is 4.56. The molecule has 146 valence electrons. The molecule has 0 spiro atoms. The van der Waals surface area contributed by atoms with Crippen LogP contribution in [0, 0.1) is 5.82 Å². The maximum absolute atomic E-state index is 14.8. The number of ether oxygens (including phenoxy) is 1. The van der Waals surface area contributed by atoms with Crippen molar-refractivity contribution >= 4 is 34.2 Å². The number of hydrogen-bond acceptors (Lipinski definition) is 8. The first-order valence-corrected chi connectivity index (χ1v) is 9.71. The fraction of sp³-hybridized carbons (Fsp3) is 0.333. The molecular formula is C18H18FN5O3S. The Labute approximate surface area is 163 Å². The number of rotatable bonds is 4. The van der Waals surface area contributed by atoms with Gasteiger partial charge in [0.25, 0.3) is 0 Å². The van der Waals surface area contributed by atoms with Crippen LogP contribution in [0.4, 0.5) is 10.2 Å². The van der Waals surface area contributed by atoms with Crippen LogP contribution in [0.3, 0.4) is 0 Å². The predicted octanol–water partition coefficient (Wildman–Crippen LogP) is 1.70. The molecule has 8 nitrogen and oxygen atoms in total. The summed E-state index contributed by atoms with van der Waals surface area (Å²) in [4.78, 5) is 35.5. The zero-order chi connectivity index (χ0) is 19.8. The van der Waals surface area contributed by atoms with Gasteiger partial charge >= 0.3 is 5.97 Å². The van der Waals surface area contributed by atoms with Gasteiger partial charge < -0.3 is 15.4 Å². The highest BCUT2D eigenvalue weighted by molar-refractivity contribution is 7.12. The quantitative estimate of drug-likeness (QED) is 0.661. The van der Waals surface area contributed by atoms with E-state index in [2.05, 4.69) is 9.97 Å². The van der Waals surface area contributed by atoms with Gasteiger partial charge in [0.05, 0.1) is 12.0 Å². The summed E-state index contributed by atoms with van der Waals surface area (Å²) in [6.45, 7) is 2.83. The smallest absolute Gasteiger partial charge is 0.343 e. The Morgan fingerprint density at radius 2 is 2.32 bits per heavy atom. The van der Waals surface area contributed by atoms with Gasteiger partial charge in [-0.2, -0.15) is 0 Å². The fourth-order valence-corrected chi connectivity index (χ4v) is 3.87. The van der Waals surface area contributed by atoms with E-state index in [0.29, 0.717) is 18.2 Å². The van der Waals surface area contributed by atoms with Crippen LogP contribution in [-0.4, -0.2) is 46.2 Å². The molecule has 0 aromatic carbocycles. The number of aromatic nitrogens is 3. The van der Waals surface area contributed by atoms with Crippen LogP contribution < -0.4 is 16.1 Å². The molecule has 0 bridgehead atoms. The Balaban J connectivity index is 1.97. The minimum Gasteiger partial charge on any atom is -0.462 e. The molecule has 1 saturated heterocycles. The van der Waals surface area contributed by atoms with Gasteiger partial charge in [0.1, 0.15) is 5.56 Å². The molecule has 1 aliphatic rings. The summed E-state index contributed by atoms with van der Waals surface area (Å²) in [7, 11) is 0. The normalized spacial score (nSPS) is 16.7. The largest absolute Gasteiger partial charge is 0.462 e. The van der Waals surface area contributed by atoms with E-state index < -0.39 is 17.2 Å². The molecule has 0 amide bonds. The number of halogens is 1. The van der Waals surface area contributed by atoms with Crippen molar-refractivity contribution in [2.45, 2.75) is 19.4 Å². The van der Waals surface area contributed by atoms with E-state index in [-0.39, 0.29) is 35.1 Å². The lowest BCUT2D eigenvalue weighted by atomic mass is 10.2. The lowest BCUT2D eigenvalue weighted by Gasteiger charge is -2.19. The second-order valence-electron chi connectivity index (χ2n) is 6.44. The lowest BCUT2D eigenvalue weighted by Crippen LogP contribution is -2.28. The third kappa shape index (κ3) is 3.14. The minimum atomic E-state index is -0.769. The van der Waals surface area contributed by atoms with E-state index in [1.165, 1.54) is 22.1 Å². The number of hydrogen-bond donors (Lipinski definition) is 1. The van der Waals surface area contributed by atoms with E-state index in [9.17, 15) is 14.0 Å². The van der Waals surface area contributed by atoms with Crippen LogP contribution in [0.2, 0.25) is 0 Å². The molecule has 0 aliphatic carbocycles. The number of nitrogens with two attached hydrogens (primary N) is 1. The van der Waals surface area contributed by atoms with Crippen LogP contribution in [0.15, 0.2) is 28.6 Å². The average Bonchev–Trinajstić information content (AvgIpc) is 3.34. The zero-order valence-electron chi connectivity index (χ0n) is 15.1. The van der Waals surface area contributed by atoms with Crippen LogP contribution in [0.1, 0.15) is 23.7 Å². The topological polar surface area (TPSA) is 103 Å². The van der Waals surface area contributed by atoms with Crippen molar-refractivity contribution in [2.75, 3.05) is 24.6 Å². The van der Waals surface area contributed by atoms with Crippen molar-refractivity contribution in [1.82, 2.24) is 14.5 Å². The van der Waals surface area contributed by atoms with E-state index in [1.54, 1.807) is 23.4 Å². The second-order valence-corrected chi connectivity index (χ2v) is 7.31. The molecule has 0 unspecified atom stereocenters. The molecule has 3 aromatic rings. The third-order valence-corrected chi connectivity index (χ3v) is 5.33. The number of anilines is 1. The van der Waals surface area contributed by atoms with Gasteiger partial charge in [0.2, 0.25) is 5.43 Å². The summed E-state index contributed by atoms with van der Waals surface area (Å²) in [6.07, 6.45) is 3.68. The van der Waals surface area contributed by atoms with Gasteiger partial charge in [0.15, 0.2) is 22.4 Å². The van der Waals surface area contributed by atoms with Gasteiger partial charge in [-0.3, -0.25) is 9.36 Å². The van der Waals surface area contributed by atoms with Crippen molar-refractivity contribution < 1.29 is 13.9 Å². The van der Waals surface area contributed by atoms with Gasteiger partial charge in [0, 0.05) is 36.9 Å². The number of pyridine rings is 2. The van der Waals surface area contributed by atoms with Gasteiger partial charge in [-0.05, 0) is 19.4 Å². The van der Waals surface area contributed by atoms with Crippen LogP contribution in [0.5, 0.6) is 0 Å².